The number of hydrogen-bond donors (Lipinski definition) is 2. The Morgan fingerprint density at radius 2 is 2.15 bits per heavy atom. The largest absolute Gasteiger partial charge is 0.371 e. The van der Waals surface area contributed by atoms with Crippen LogP contribution in [0.2, 0.25) is 0 Å². The molecule has 0 fully saturated rings. The molecule has 0 saturated heterocycles. The maximum Gasteiger partial charge on any atom is 0.221 e. The summed E-state index contributed by atoms with van der Waals surface area (Å²) in [4.78, 5) is 14.5. The summed E-state index contributed by atoms with van der Waals surface area (Å²) in [6, 6.07) is 7.91. The van der Waals surface area contributed by atoms with Crippen LogP contribution in [0.5, 0.6) is 0 Å². The van der Waals surface area contributed by atoms with Gasteiger partial charge in [0.05, 0.1) is 0 Å². The average molecular weight is 363 g/mol. The highest BCUT2D eigenvalue weighted by Gasteiger charge is 2.24. The van der Waals surface area contributed by atoms with Crippen LogP contribution in [0.15, 0.2) is 42.0 Å². The third-order valence-electron chi connectivity index (χ3n) is 4.22. The number of nitrogens with two attached hydrogens (primary N) is 1. The number of rotatable bonds is 2. The summed E-state index contributed by atoms with van der Waals surface area (Å²) in [5.74, 6) is 7.02. The molecular formula is C19H17N5OS. The fourth-order valence-electron chi connectivity index (χ4n) is 2.92. The maximum atomic E-state index is 10.5. The second kappa shape index (κ2) is 6.41. The van der Waals surface area contributed by atoms with E-state index in [1.165, 1.54) is 16.9 Å². The molecule has 0 saturated carbocycles. The molecule has 0 aliphatic carbocycles. The first kappa shape index (κ1) is 16.5. The summed E-state index contributed by atoms with van der Waals surface area (Å²) in [7, 11) is 0. The van der Waals surface area contributed by atoms with Crippen LogP contribution in [-0.4, -0.2) is 26.6 Å². The number of aromatic nitrogens is 3. The van der Waals surface area contributed by atoms with E-state index in [2.05, 4.69) is 37.8 Å². The van der Waals surface area contributed by atoms with Crippen LogP contribution in [-0.2, 0) is 12.0 Å². The Labute approximate surface area is 155 Å². The van der Waals surface area contributed by atoms with E-state index < -0.39 is 5.60 Å². The minimum absolute atomic E-state index is 0.256. The minimum atomic E-state index is -1.27. The summed E-state index contributed by atoms with van der Waals surface area (Å²) in [5.41, 5.74) is 7.57. The van der Waals surface area contributed by atoms with Gasteiger partial charge in [-0.2, -0.15) is 4.98 Å². The summed E-state index contributed by atoms with van der Waals surface area (Å²) in [6.45, 7) is 2.49. The lowest BCUT2D eigenvalue weighted by atomic mass is 10.1. The first-order chi connectivity index (χ1) is 12.5. The van der Waals surface area contributed by atoms with Crippen molar-refractivity contribution < 1.29 is 5.11 Å². The maximum absolute atomic E-state index is 10.5. The van der Waals surface area contributed by atoms with Gasteiger partial charge in [-0.25, -0.2) is 9.97 Å². The summed E-state index contributed by atoms with van der Waals surface area (Å²) in [5, 5.41) is 12.9. The molecule has 1 aliphatic rings. The van der Waals surface area contributed by atoms with Gasteiger partial charge in [-0.1, -0.05) is 17.9 Å². The standard InChI is InChI=1S/C19H17N5OS/c1-19(25,17-21-9-11-26-17)7-4-13-2-3-14-6-10-24(15(14)12-13)16-5-8-22-18(20)23-16/h2-3,5,8-9,11-12,25H,6,10H2,1H3,(H2,20,22,23). The van der Waals surface area contributed by atoms with E-state index in [1.54, 1.807) is 19.3 Å². The molecule has 3 N–H and O–H groups in total. The lowest BCUT2D eigenvalue weighted by Crippen LogP contribution is -2.18. The molecule has 6 nitrogen and oxygen atoms in total. The van der Waals surface area contributed by atoms with Gasteiger partial charge in [0.1, 0.15) is 10.8 Å². The quantitative estimate of drug-likeness (QED) is 0.680. The van der Waals surface area contributed by atoms with Crippen molar-refractivity contribution in [3.8, 4) is 11.8 Å². The zero-order chi connectivity index (χ0) is 18.1. The Hall–Kier alpha value is -2.95. The molecule has 1 unspecified atom stereocenters. The molecule has 3 heterocycles. The van der Waals surface area contributed by atoms with Crippen molar-refractivity contribution in [2.75, 3.05) is 17.2 Å². The van der Waals surface area contributed by atoms with E-state index in [0.29, 0.717) is 5.01 Å². The van der Waals surface area contributed by atoms with Crippen LogP contribution in [0.1, 0.15) is 23.1 Å². The molecule has 3 aromatic rings. The molecule has 26 heavy (non-hydrogen) atoms. The summed E-state index contributed by atoms with van der Waals surface area (Å²) >= 11 is 1.39. The van der Waals surface area contributed by atoms with Gasteiger partial charge in [-0.3, -0.25) is 0 Å². The van der Waals surface area contributed by atoms with E-state index in [1.807, 2.05) is 23.6 Å². The van der Waals surface area contributed by atoms with Crippen LogP contribution < -0.4 is 10.6 Å². The number of thiazole rings is 1. The number of hydrogen-bond acceptors (Lipinski definition) is 7. The Balaban J connectivity index is 1.66. The SMILES string of the molecule is CC(O)(C#Cc1ccc2c(c1)N(c1ccnc(N)n1)CC2)c1nccs1. The topological polar surface area (TPSA) is 88.2 Å². The van der Waals surface area contributed by atoms with Crippen molar-refractivity contribution in [3.63, 3.8) is 0 Å². The molecule has 0 radical (unpaired) electrons. The lowest BCUT2D eigenvalue weighted by molar-refractivity contribution is 0.122. The lowest BCUT2D eigenvalue weighted by Gasteiger charge is -2.18. The van der Waals surface area contributed by atoms with Gasteiger partial charge in [-0.15, -0.1) is 11.3 Å². The predicted octanol–water partition coefficient (Wildman–Crippen LogP) is 2.47. The third-order valence-corrected chi connectivity index (χ3v) is 5.20. The molecule has 0 spiro atoms. The Bertz CT molecular complexity index is 1000. The second-order valence-electron chi connectivity index (χ2n) is 6.18. The number of benzene rings is 1. The van der Waals surface area contributed by atoms with E-state index in [-0.39, 0.29) is 5.95 Å². The van der Waals surface area contributed by atoms with Gasteiger partial charge in [0.2, 0.25) is 5.95 Å². The van der Waals surface area contributed by atoms with Crippen molar-refractivity contribution in [2.45, 2.75) is 18.9 Å². The molecule has 4 rings (SSSR count). The summed E-state index contributed by atoms with van der Waals surface area (Å²) in [6.07, 6.45) is 4.26. The van der Waals surface area contributed by atoms with Gasteiger partial charge < -0.3 is 15.7 Å². The smallest absolute Gasteiger partial charge is 0.221 e. The second-order valence-corrected chi connectivity index (χ2v) is 7.07. The Morgan fingerprint density at radius 1 is 1.27 bits per heavy atom. The first-order valence-electron chi connectivity index (χ1n) is 8.17. The normalized spacial score (nSPS) is 15.1. The molecule has 2 aromatic heterocycles. The van der Waals surface area contributed by atoms with Crippen molar-refractivity contribution in [1.82, 2.24) is 15.0 Å². The average Bonchev–Trinajstić information content (AvgIpc) is 3.30. The number of aliphatic hydroxyl groups is 1. The number of nitrogens with zero attached hydrogens (tertiary/aromatic N) is 4. The van der Waals surface area contributed by atoms with E-state index in [0.717, 1.165) is 30.0 Å². The fraction of sp³-hybridized carbons (Fsp3) is 0.211. The van der Waals surface area contributed by atoms with Gasteiger partial charge in [-0.05, 0) is 37.1 Å². The number of anilines is 3. The van der Waals surface area contributed by atoms with E-state index in [4.69, 9.17) is 5.73 Å². The van der Waals surface area contributed by atoms with Crippen molar-refractivity contribution >= 4 is 28.8 Å². The van der Waals surface area contributed by atoms with Gasteiger partial charge >= 0.3 is 0 Å². The highest BCUT2D eigenvalue weighted by Crippen LogP contribution is 2.34. The van der Waals surface area contributed by atoms with E-state index >= 15 is 0 Å². The van der Waals surface area contributed by atoms with Crippen molar-refractivity contribution in [3.05, 3.63) is 58.2 Å². The van der Waals surface area contributed by atoms with Gasteiger partial charge in [0.25, 0.3) is 0 Å². The zero-order valence-corrected chi connectivity index (χ0v) is 15.0. The van der Waals surface area contributed by atoms with Crippen molar-refractivity contribution in [2.24, 2.45) is 0 Å². The molecule has 130 valence electrons. The molecular weight excluding hydrogens is 346 g/mol. The summed E-state index contributed by atoms with van der Waals surface area (Å²) < 4.78 is 0. The van der Waals surface area contributed by atoms with Crippen LogP contribution in [0.4, 0.5) is 17.5 Å². The molecule has 0 bridgehead atoms. The van der Waals surface area contributed by atoms with Gasteiger partial charge in [0, 0.05) is 35.6 Å². The van der Waals surface area contributed by atoms with Crippen LogP contribution in [0, 0.1) is 11.8 Å². The van der Waals surface area contributed by atoms with Crippen LogP contribution in [0.25, 0.3) is 0 Å². The minimum Gasteiger partial charge on any atom is -0.371 e. The molecule has 1 aromatic carbocycles. The Kier molecular flexibility index (Phi) is 4.07. The third kappa shape index (κ3) is 3.12. The highest BCUT2D eigenvalue weighted by molar-refractivity contribution is 7.09. The Morgan fingerprint density at radius 3 is 2.92 bits per heavy atom. The molecule has 1 atom stereocenters. The highest BCUT2D eigenvalue weighted by atomic mass is 32.1. The first-order valence-corrected chi connectivity index (χ1v) is 9.05. The van der Waals surface area contributed by atoms with Crippen molar-refractivity contribution in [1.29, 1.82) is 0 Å². The zero-order valence-electron chi connectivity index (χ0n) is 14.2. The predicted molar refractivity (Wildman–Crippen MR) is 102 cm³/mol. The fourth-order valence-corrected chi connectivity index (χ4v) is 3.57. The molecule has 0 amide bonds. The monoisotopic (exact) mass is 363 g/mol. The van der Waals surface area contributed by atoms with Gasteiger partial charge in [0.15, 0.2) is 5.60 Å². The molecule has 1 aliphatic heterocycles. The van der Waals surface area contributed by atoms with Crippen LogP contribution >= 0.6 is 11.3 Å². The van der Waals surface area contributed by atoms with Crippen LogP contribution in [0.3, 0.4) is 0 Å². The van der Waals surface area contributed by atoms with E-state index in [9.17, 15) is 5.11 Å². The number of nitrogen functional groups attached to an aromatic ring is 1. The number of fused-ring (bicyclic) bond motifs is 1. The molecule has 7 heteroatoms.